The molecule has 134 valence electrons. The number of rotatable bonds is 5. The minimum atomic E-state index is -0.341. The van der Waals surface area contributed by atoms with Crippen LogP contribution < -0.4 is 10.6 Å². The first kappa shape index (κ1) is 17.2. The van der Waals surface area contributed by atoms with Crippen molar-refractivity contribution in [2.45, 2.75) is 58.1 Å². The Morgan fingerprint density at radius 1 is 1.40 bits per heavy atom. The predicted molar refractivity (Wildman–Crippen MR) is 93.8 cm³/mol. The first-order valence-corrected chi connectivity index (χ1v) is 8.57. The lowest BCUT2D eigenvalue weighted by molar-refractivity contribution is 0.0981. The van der Waals surface area contributed by atoms with Gasteiger partial charge in [-0.25, -0.2) is 14.8 Å². The summed E-state index contributed by atoms with van der Waals surface area (Å²) in [6.07, 6.45) is 5.49. The molecule has 1 amide bonds. The van der Waals surface area contributed by atoms with E-state index in [1.807, 2.05) is 26.8 Å². The van der Waals surface area contributed by atoms with Gasteiger partial charge >= 0.3 is 6.09 Å². The van der Waals surface area contributed by atoms with Gasteiger partial charge in [-0.2, -0.15) is 5.10 Å². The Morgan fingerprint density at radius 2 is 2.24 bits per heavy atom. The number of alkyl carbamates (subject to hydrolysis) is 1. The number of hydrogen-bond donors (Lipinski definition) is 3. The second-order valence-corrected chi connectivity index (χ2v) is 6.69. The highest BCUT2D eigenvalue weighted by Gasteiger charge is 2.30. The molecule has 0 spiro atoms. The number of amides is 1. The summed E-state index contributed by atoms with van der Waals surface area (Å²) < 4.78 is 5.48. The van der Waals surface area contributed by atoms with Crippen molar-refractivity contribution in [3.8, 4) is 0 Å². The van der Waals surface area contributed by atoms with Crippen LogP contribution in [0.2, 0.25) is 0 Å². The quantitative estimate of drug-likeness (QED) is 0.770. The summed E-state index contributed by atoms with van der Waals surface area (Å²) in [5.41, 5.74) is 2.75. The molecule has 1 aliphatic carbocycles. The molecule has 1 aliphatic rings. The third-order valence-electron chi connectivity index (χ3n) is 4.28. The van der Waals surface area contributed by atoms with E-state index >= 15 is 0 Å². The highest BCUT2D eigenvalue weighted by molar-refractivity contribution is 5.67. The normalized spacial score (nSPS) is 19.8. The summed E-state index contributed by atoms with van der Waals surface area (Å²) in [6, 6.07) is 2.07. The molecule has 25 heavy (non-hydrogen) atoms. The first-order chi connectivity index (χ1) is 12.0. The van der Waals surface area contributed by atoms with Crippen LogP contribution in [0.25, 0.3) is 0 Å². The van der Waals surface area contributed by atoms with E-state index < -0.39 is 0 Å². The molecule has 8 nitrogen and oxygen atoms in total. The topological polar surface area (TPSA) is 105 Å². The second-order valence-electron chi connectivity index (χ2n) is 6.69. The van der Waals surface area contributed by atoms with Gasteiger partial charge in [-0.3, -0.25) is 5.10 Å². The number of H-pyrrole nitrogens is 1. The third kappa shape index (κ3) is 4.46. The summed E-state index contributed by atoms with van der Waals surface area (Å²) in [5, 5.41) is 13.4. The van der Waals surface area contributed by atoms with Gasteiger partial charge in [0.25, 0.3) is 0 Å². The maximum Gasteiger partial charge on any atom is 0.407 e. The van der Waals surface area contributed by atoms with E-state index in [0.29, 0.717) is 5.92 Å². The van der Waals surface area contributed by atoms with E-state index in [2.05, 4.69) is 30.8 Å². The lowest BCUT2D eigenvalue weighted by Gasteiger charge is -2.14. The van der Waals surface area contributed by atoms with Crippen molar-refractivity contribution in [1.82, 2.24) is 25.5 Å². The summed E-state index contributed by atoms with van der Waals surface area (Å²) >= 11 is 0. The van der Waals surface area contributed by atoms with E-state index in [0.717, 1.165) is 42.2 Å². The Morgan fingerprint density at radius 3 is 3.00 bits per heavy atom. The van der Waals surface area contributed by atoms with Crippen LogP contribution >= 0.6 is 0 Å². The second kappa shape index (κ2) is 7.50. The van der Waals surface area contributed by atoms with E-state index in [4.69, 9.17) is 4.74 Å². The van der Waals surface area contributed by atoms with Crippen LogP contribution in [0.4, 0.5) is 16.3 Å². The maximum absolute atomic E-state index is 11.7. The molecule has 0 unspecified atom stereocenters. The van der Waals surface area contributed by atoms with Crippen LogP contribution in [-0.4, -0.2) is 38.4 Å². The molecule has 8 heteroatoms. The number of aromatic nitrogens is 4. The van der Waals surface area contributed by atoms with Crippen LogP contribution in [0.5, 0.6) is 0 Å². The molecule has 1 saturated carbocycles. The highest BCUT2D eigenvalue weighted by Crippen LogP contribution is 2.36. The minimum Gasteiger partial charge on any atom is -0.446 e. The Balaban J connectivity index is 1.56. The Kier molecular flexibility index (Phi) is 5.16. The summed E-state index contributed by atoms with van der Waals surface area (Å²) in [6.45, 7) is 5.74. The largest absolute Gasteiger partial charge is 0.446 e. The zero-order chi connectivity index (χ0) is 17.8. The monoisotopic (exact) mass is 344 g/mol. The van der Waals surface area contributed by atoms with Crippen molar-refractivity contribution in [2.75, 3.05) is 5.32 Å². The van der Waals surface area contributed by atoms with Crippen molar-refractivity contribution < 1.29 is 9.53 Å². The molecular weight excluding hydrogens is 320 g/mol. The van der Waals surface area contributed by atoms with Crippen LogP contribution in [0.1, 0.15) is 50.4 Å². The molecule has 2 aromatic heterocycles. The van der Waals surface area contributed by atoms with Gasteiger partial charge in [0.2, 0.25) is 0 Å². The lowest BCUT2D eigenvalue weighted by Crippen LogP contribution is -2.33. The molecule has 0 radical (unpaired) electrons. The van der Waals surface area contributed by atoms with Crippen LogP contribution in [0, 0.1) is 6.92 Å². The molecule has 1 fully saturated rings. The summed E-state index contributed by atoms with van der Waals surface area (Å²) in [5.74, 6) is 1.04. The van der Waals surface area contributed by atoms with Crippen molar-refractivity contribution in [2.24, 2.45) is 0 Å². The molecule has 2 heterocycles. The van der Waals surface area contributed by atoms with Gasteiger partial charge < -0.3 is 15.4 Å². The van der Waals surface area contributed by atoms with E-state index in [9.17, 15) is 4.79 Å². The fraction of sp³-hybridized carbons (Fsp3) is 0.529. The van der Waals surface area contributed by atoms with E-state index in [1.165, 1.54) is 6.33 Å². The lowest BCUT2D eigenvalue weighted by atomic mass is 10.0. The maximum atomic E-state index is 11.7. The van der Waals surface area contributed by atoms with Crippen molar-refractivity contribution >= 4 is 17.6 Å². The number of aromatic amines is 1. The fourth-order valence-corrected chi connectivity index (χ4v) is 3.01. The van der Waals surface area contributed by atoms with Gasteiger partial charge in [0, 0.05) is 23.7 Å². The van der Waals surface area contributed by atoms with Gasteiger partial charge in [0.1, 0.15) is 12.4 Å². The average molecular weight is 344 g/mol. The summed E-state index contributed by atoms with van der Waals surface area (Å²) in [4.78, 5) is 19.9. The standard InChI is InChI=1S/C17H24N6O2/c1-10(2)20-17(24)25-13-5-4-12(6-13)14-7-16(23-22-14)21-15-8-18-9-19-11(15)3/h7-10,12-13H,4-6H2,1-3H3,(H,20,24)(H2,21,22,23)/t12-,13+/m0/s1. The average Bonchev–Trinajstić information content (AvgIpc) is 3.18. The van der Waals surface area contributed by atoms with Crippen LogP contribution in [-0.2, 0) is 4.74 Å². The Bertz CT molecular complexity index is 729. The van der Waals surface area contributed by atoms with Crippen LogP contribution in [0.15, 0.2) is 18.6 Å². The molecule has 2 atom stereocenters. The smallest absolute Gasteiger partial charge is 0.407 e. The van der Waals surface area contributed by atoms with Gasteiger partial charge in [-0.05, 0) is 40.0 Å². The molecule has 3 N–H and O–H groups in total. The van der Waals surface area contributed by atoms with Gasteiger partial charge in [0.05, 0.1) is 17.6 Å². The third-order valence-corrected chi connectivity index (χ3v) is 4.28. The Labute approximate surface area is 146 Å². The number of nitrogens with zero attached hydrogens (tertiary/aromatic N) is 3. The zero-order valence-electron chi connectivity index (χ0n) is 14.7. The number of carbonyl (C=O) groups is 1. The first-order valence-electron chi connectivity index (χ1n) is 8.57. The van der Waals surface area contributed by atoms with Gasteiger partial charge in [-0.1, -0.05) is 0 Å². The number of aryl methyl sites for hydroxylation is 1. The number of carbonyl (C=O) groups excluding carboxylic acids is 1. The highest BCUT2D eigenvalue weighted by atomic mass is 16.6. The molecule has 0 aromatic carbocycles. The zero-order valence-corrected chi connectivity index (χ0v) is 14.7. The number of nitrogens with one attached hydrogen (secondary N) is 3. The van der Waals surface area contributed by atoms with Crippen molar-refractivity contribution in [3.05, 3.63) is 30.0 Å². The molecule has 0 aliphatic heterocycles. The van der Waals surface area contributed by atoms with Crippen molar-refractivity contribution in [1.29, 1.82) is 0 Å². The number of ether oxygens (including phenoxy) is 1. The fourth-order valence-electron chi connectivity index (χ4n) is 3.01. The van der Waals surface area contributed by atoms with Gasteiger partial charge in [0.15, 0.2) is 5.82 Å². The number of hydrogen-bond acceptors (Lipinski definition) is 6. The predicted octanol–water partition coefficient (Wildman–Crippen LogP) is 3.02. The minimum absolute atomic E-state index is 0.0479. The van der Waals surface area contributed by atoms with E-state index in [1.54, 1.807) is 6.20 Å². The molecule has 3 rings (SSSR count). The van der Waals surface area contributed by atoms with Crippen LogP contribution in [0.3, 0.4) is 0 Å². The molecule has 0 saturated heterocycles. The molecule has 0 bridgehead atoms. The SMILES string of the molecule is Cc1ncncc1Nc1cc([C@H]2CC[C@@H](OC(=O)NC(C)C)C2)[nH]n1. The molecular formula is C17H24N6O2. The van der Waals surface area contributed by atoms with Gasteiger partial charge in [-0.15, -0.1) is 0 Å². The van der Waals surface area contributed by atoms with Crippen molar-refractivity contribution in [3.63, 3.8) is 0 Å². The van der Waals surface area contributed by atoms with E-state index in [-0.39, 0.29) is 18.2 Å². The Hall–Kier alpha value is -2.64. The number of anilines is 2. The summed E-state index contributed by atoms with van der Waals surface area (Å²) in [7, 11) is 0. The molecule has 2 aromatic rings.